The molecule has 2 saturated carbocycles. The van der Waals surface area contributed by atoms with Crippen LogP contribution in [0.4, 0.5) is 0 Å². The fourth-order valence-corrected chi connectivity index (χ4v) is 8.74. The van der Waals surface area contributed by atoms with Crippen molar-refractivity contribution in [3.05, 3.63) is 0 Å². The second-order valence-corrected chi connectivity index (χ2v) is 12.1. The Balaban J connectivity index is 1.49. The van der Waals surface area contributed by atoms with E-state index in [1.807, 2.05) is 20.8 Å². The zero-order valence-corrected chi connectivity index (χ0v) is 21.8. The van der Waals surface area contributed by atoms with Crippen LogP contribution in [0.2, 0.25) is 0 Å². The zero-order valence-electron chi connectivity index (χ0n) is 21.8. The summed E-state index contributed by atoms with van der Waals surface area (Å²) < 4.78 is 39.2. The number of rotatable bonds is 6. The van der Waals surface area contributed by atoms with Gasteiger partial charge in [-0.05, 0) is 24.7 Å². The Hall–Kier alpha value is -2.32. The van der Waals surface area contributed by atoms with Crippen molar-refractivity contribution < 1.29 is 62.5 Å². The van der Waals surface area contributed by atoms with Gasteiger partial charge in [-0.3, -0.25) is 4.79 Å². The molecule has 13 nitrogen and oxygen atoms in total. The number of hydrogen-bond acceptors (Lipinski definition) is 13. The maximum atomic E-state index is 13.7. The van der Waals surface area contributed by atoms with Gasteiger partial charge in [0, 0.05) is 0 Å². The lowest BCUT2D eigenvalue weighted by Crippen LogP contribution is -2.67. The van der Waals surface area contributed by atoms with Gasteiger partial charge in [-0.15, -0.1) is 0 Å². The molecule has 0 aromatic heterocycles. The topological polar surface area (TPSA) is 173 Å². The first-order valence-corrected chi connectivity index (χ1v) is 12.7. The predicted octanol–water partition coefficient (Wildman–Crippen LogP) is -1.16. The van der Waals surface area contributed by atoms with Crippen molar-refractivity contribution in [3.8, 4) is 0 Å². The molecule has 6 aliphatic rings. The van der Waals surface area contributed by atoms with Gasteiger partial charge in [0.1, 0.15) is 18.8 Å². The minimum Gasteiger partial charge on any atom is -0.467 e. The first-order chi connectivity index (χ1) is 17.8. The van der Waals surface area contributed by atoms with E-state index in [0.717, 1.165) is 0 Å². The molecule has 6 fully saturated rings. The quantitative estimate of drug-likeness (QED) is 0.235. The van der Waals surface area contributed by atoms with E-state index in [4.69, 9.17) is 28.4 Å². The molecule has 0 aromatic carbocycles. The van der Waals surface area contributed by atoms with Crippen molar-refractivity contribution in [1.29, 1.82) is 0 Å². The maximum absolute atomic E-state index is 13.7. The summed E-state index contributed by atoms with van der Waals surface area (Å²) in [4.78, 5) is 51.1. The number of aliphatic hydroxyl groups is 2. The highest BCUT2D eigenvalue weighted by Crippen LogP contribution is 2.84. The number of hydrogen-bond donors (Lipinski definition) is 2. The van der Waals surface area contributed by atoms with E-state index in [1.165, 1.54) is 14.0 Å². The van der Waals surface area contributed by atoms with Crippen molar-refractivity contribution >= 4 is 23.9 Å². The van der Waals surface area contributed by atoms with Gasteiger partial charge in [-0.25, -0.2) is 14.4 Å². The fraction of sp³-hybridized carbons (Fsp3) is 0.840. The van der Waals surface area contributed by atoms with Crippen LogP contribution < -0.4 is 0 Å². The number of aliphatic hydroxyl groups excluding tert-OH is 1. The molecule has 4 heterocycles. The van der Waals surface area contributed by atoms with Gasteiger partial charge in [-0.1, -0.05) is 20.8 Å². The molecule has 4 aliphatic heterocycles. The lowest BCUT2D eigenvalue weighted by molar-refractivity contribution is -0.240. The summed E-state index contributed by atoms with van der Waals surface area (Å²) in [5.41, 5.74) is -8.28. The van der Waals surface area contributed by atoms with E-state index in [2.05, 4.69) is 4.74 Å². The van der Waals surface area contributed by atoms with E-state index in [0.29, 0.717) is 0 Å². The summed E-state index contributed by atoms with van der Waals surface area (Å²) >= 11 is 0. The van der Waals surface area contributed by atoms with E-state index >= 15 is 0 Å². The third-order valence-corrected chi connectivity index (χ3v) is 9.93. The van der Waals surface area contributed by atoms with E-state index in [1.54, 1.807) is 0 Å². The number of ether oxygens (including phenoxy) is 7. The van der Waals surface area contributed by atoms with Crippen molar-refractivity contribution in [1.82, 2.24) is 0 Å². The van der Waals surface area contributed by atoms with E-state index in [-0.39, 0.29) is 26.2 Å². The summed E-state index contributed by atoms with van der Waals surface area (Å²) in [6.07, 6.45) is -6.59. The molecule has 0 aromatic rings. The zero-order chi connectivity index (χ0) is 27.6. The monoisotopic (exact) mass is 540 g/mol. The smallest absolute Gasteiger partial charge is 0.343 e. The Morgan fingerprint density at radius 2 is 1.82 bits per heavy atom. The van der Waals surface area contributed by atoms with Crippen molar-refractivity contribution in [3.63, 3.8) is 0 Å². The highest BCUT2D eigenvalue weighted by Gasteiger charge is 3.04. The standard InChI is InChI=1S/C25H32O13/c1-10-17(28)36-15-14(27)23-12-8-11(21(2,3)4)22(23)16(34-7-6-33-9-13(26)32-5)18(29)37-20(22)38-25(23,19(30)35-12)24(10,15)31/h10-12,14-16,20,27,31H,6-9H2,1-5H3/t10?,11?,12?,14-,15-,16-,20-,22?,23-,24+,25+/m0/s1. The Morgan fingerprint density at radius 3 is 2.47 bits per heavy atom. The summed E-state index contributed by atoms with van der Waals surface area (Å²) in [5.74, 6) is -4.77. The highest BCUT2D eigenvalue weighted by atomic mass is 16.8. The number of carbonyl (C=O) groups excluding carboxylic acids is 4. The Bertz CT molecular complexity index is 1120. The summed E-state index contributed by atoms with van der Waals surface area (Å²) in [6, 6.07) is 0. The van der Waals surface area contributed by atoms with Gasteiger partial charge in [0.15, 0.2) is 17.8 Å². The van der Waals surface area contributed by atoms with Gasteiger partial charge in [0.2, 0.25) is 11.9 Å². The lowest BCUT2D eigenvalue weighted by Gasteiger charge is -2.48. The van der Waals surface area contributed by atoms with Gasteiger partial charge >= 0.3 is 23.9 Å². The molecule has 4 saturated heterocycles. The number of fused-ring (bicyclic) bond motifs is 1. The third-order valence-electron chi connectivity index (χ3n) is 9.93. The van der Waals surface area contributed by atoms with Crippen LogP contribution in [0.5, 0.6) is 0 Å². The van der Waals surface area contributed by atoms with Crippen molar-refractivity contribution in [2.45, 2.75) is 76.0 Å². The maximum Gasteiger partial charge on any atom is 0.343 e. The normalized spacial score (nSPS) is 49.8. The fourth-order valence-electron chi connectivity index (χ4n) is 8.74. The van der Waals surface area contributed by atoms with Gasteiger partial charge in [-0.2, -0.15) is 0 Å². The summed E-state index contributed by atoms with van der Waals surface area (Å²) in [5, 5.41) is 24.1. The molecule has 38 heavy (non-hydrogen) atoms. The largest absolute Gasteiger partial charge is 0.467 e. The average Bonchev–Trinajstić information content (AvgIpc) is 3.56. The van der Waals surface area contributed by atoms with E-state index < -0.39 is 93.9 Å². The molecular weight excluding hydrogens is 508 g/mol. The Kier molecular flexibility index (Phi) is 5.22. The van der Waals surface area contributed by atoms with Crippen LogP contribution in [0, 0.1) is 28.1 Å². The predicted molar refractivity (Wildman–Crippen MR) is 119 cm³/mol. The van der Waals surface area contributed by atoms with Crippen molar-refractivity contribution in [2.75, 3.05) is 26.9 Å². The first kappa shape index (κ1) is 25.9. The van der Waals surface area contributed by atoms with Crippen LogP contribution in [0.15, 0.2) is 0 Å². The molecule has 2 spiro atoms. The van der Waals surface area contributed by atoms with Crippen LogP contribution in [0.3, 0.4) is 0 Å². The van der Waals surface area contributed by atoms with Crippen LogP contribution >= 0.6 is 0 Å². The third kappa shape index (κ3) is 2.43. The van der Waals surface area contributed by atoms with Crippen LogP contribution in [-0.2, 0) is 52.3 Å². The Labute approximate surface area is 217 Å². The molecule has 0 amide bonds. The van der Waals surface area contributed by atoms with Gasteiger partial charge in [0.05, 0.1) is 37.1 Å². The van der Waals surface area contributed by atoms with Crippen LogP contribution in [0.1, 0.15) is 34.1 Å². The molecule has 4 unspecified atom stereocenters. The molecule has 0 radical (unpaired) electrons. The molecule has 2 aliphatic carbocycles. The summed E-state index contributed by atoms with van der Waals surface area (Å²) in [6.45, 7) is 6.72. The number of carbonyl (C=O) groups is 4. The average molecular weight is 541 g/mol. The molecule has 6 rings (SSSR count). The molecule has 13 heteroatoms. The number of methoxy groups -OCH3 is 1. The Morgan fingerprint density at radius 1 is 1.11 bits per heavy atom. The minimum atomic E-state index is -2.28. The number of esters is 4. The molecular formula is C25H32O13. The van der Waals surface area contributed by atoms with Gasteiger partial charge < -0.3 is 43.4 Å². The van der Waals surface area contributed by atoms with Crippen LogP contribution in [-0.4, -0.2) is 103 Å². The first-order valence-electron chi connectivity index (χ1n) is 12.7. The molecule has 210 valence electrons. The van der Waals surface area contributed by atoms with Gasteiger partial charge in [0.25, 0.3) is 0 Å². The second kappa shape index (κ2) is 7.66. The minimum absolute atomic E-state index is 0.0680. The SMILES string of the molecule is COC(=O)COCCO[C@H]1C(=O)O[C@H]2O[C@]34C(=O)OC5CC(C(C)(C)C)C21[C@@]53[C@@H](O)[C@@H]1OC(=O)C(C)[C@@]14O. The van der Waals surface area contributed by atoms with E-state index in [9.17, 15) is 29.4 Å². The summed E-state index contributed by atoms with van der Waals surface area (Å²) in [7, 11) is 1.23. The molecule has 11 atom stereocenters. The van der Waals surface area contributed by atoms with Crippen molar-refractivity contribution in [2.24, 2.45) is 28.1 Å². The lowest BCUT2D eigenvalue weighted by atomic mass is 9.51. The molecule has 2 N–H and O–H groups in total. The van der Waals surface area contributed by atoms with Crippen LogP contribution in [0.25, 0.3) is 0 Å². The second-order valence-electron chi connectivity index (χ2n) is 12.1. The highest BCUT2D eigenvalue weighted by molar-refractivity contribution is 5.94. The molecule has 0 bridgehead atoms.